The molecule has 0 aliphatic carbocycles. The fourth-order valence-corrected chi connectivity index (χ4v) is 1.58. The molecule has 16 heavy (non-hydrogen) atoms. The van der Waals surface area contributed by atoms with Crippen molar-refractivity contribution in [3.05, 3.63) is 35.9 Å². The molecule has 0 atom stereocenters. The Morgan fingerprint density at radius 2 is 1.94 bits per heavy atom. The molecule has 3 nitrogen and oxygen atoms in total. The average molecular weight is 220 g/mol. The van der Waals surface area contributed by atoms with Crippen molar-refractivity contribution in [2.45, 2.75) is 20.4 Å². The van der Waals surface area contributed by atoms with E-state index in [1.807, 2.05) is 25.1 Å². The second kappa shape index (κ2) is 7.01. The standard InChI is InChI=1S/C13H20N2O/c1-3-14-13(16)11-15(4-2)10-12-8-6-5-7-9-12/h5-9H,3-4,10-11H2,1-2H3,(H,14,16). The summed E-state index contributed by atoms with van der Waals surface area (Å²) in [6.07, 6.45) is 0. The first-order valence-corrected chi connectivity index (χ1v) is 5.79. The predicted octanol–water partition coefficient (Wildman–Crippen LogP) is 1.64. The van der Waals surface area contributed by atoms with Gasteiger partial charge in [0, 0.05) is 13.1 Å². The fraction of sp³-hybridized carbons (Fsp3) is 0.462. The first-order valence-electron chi connectivity index (χ1n) is 5.79. The van der Waals surface area contributed by atoms with Crippen LogP contribution < -0.4 is 5.32 Å². The molecule has 1 N–H and O–H groups in total. The maximum atomic E-state index is 11.4. The number of benzene rings is 1. The number of likely N-dealkylation sites (N-methyl/N-ethyl adjacent to an activating group) is 2. The molecule has 0 saturated carbocycles. The average Bonchev–Trinajstić information content (AvgIpc) is 2.30. The molecular formula is C13H20N2O. The van der Waals surface area contributed by atoms with E-state index in [9.17, 15) is 4.79 Å². The molecular weight excluding hydrogens is 200 g/mol. The minimum atomic E-state index is 0.0975. The maximum Gasteiger partial charge on any atom is 0.234 e. The number of rotatable bonds is 6. The van der Waals surface area contributed by atoms with E-state index in [2.05, 4.69) is 29.3 Å². The molecule has 1 amide bonds. The number of hydrogen-bond acceptors (Lipinski definition) is 2. The number of nitrogens with zero attached hydrogens (tertiary/aromatic N) is 1. The lowest BCUT2D eigenvalue weighted by Crippen LogP contribution is -2.36. The van der Waals surface area contributed by atoms with Crippen LogP contribution >= 0.6 is 0 Å². The topological polar surface area (TPSA) is 32.3 Å². The number of nitrogens with one attached hydrogen (secondary N) is 1. The summed E-state index contributed by atoms with van der Waals surface area (Å²) in [6.45, 7) is 6.88. The minimum absolute atomic E-state index is 0.0975. The van der Waals surface area contributed by atoms with E-state index in [1.54, 1.807) is 0 Å². The number of amides is 1. The van der Waals surface area contributed by atoms with Gasteiger partial charge in [0.2, 0.25) is 5.91 Å². The third kappa shape index (κ3) is 4.45. The molecule has 0 fully saturated rings. The molecule has 0 aromatic heterocycles. The minimum Gasteiger partial charge on any atom is -0.355 e. The Morgan fingerprint density at radius 1 is 1.25 bits per heavy atom. The Morgan fingerprint density at radius 3 is 2.50 bits per heavy atom. The van der Waals surface area contributed by atoms with Gasteiger partial charge in [0.15, 0.2) is 0 Å². The zero-order chi connectivity index (χ0) is 11.8. The van der Waals surface area contributed by atoms with Crippen LogP contribution in [0, 0.1) is 0 Å². The second-order valence-corrected chi connectivity index (χ2v) is 3.74. The summed E-state index contributed by atoms with van der Waals surface area (Å²) in [6, 6.07) is 10.2. The summed E-state index contributed by atoms with van der Waals surface area (Å²) in [5, 5.41) is 2.82. The summed E-state index contributed by atoms with van der Waals surface area (Å²) in [4.78, 5) is 13.6. The van der Waals surface area contributed by atoms with Crippen molar-refractivity contribution in [2.24, 2.45) is 0 Å². The molecule has 0 radical (unpaired) electrons. The molecule has 0 aliphatic rings. The van der Waals surface area contributed by atoms with Gasteiger partial charge in [0.1, 0.15) is 0 Å². The second-order valence-electron chi connectivity index (χ2n) is 3.74. The van der Waals surface area contributed by atoms with Crippen LogP contribution in [-0.2, 0) is 11.3 Å². The van der Waals surface area contributed by atoms with Crippen molar-refractivity contribution in [1.29, 1.82) is 0 Å². The van der Waals surface area contributed by atoms with Crippen molar-refractivity contribution in [3.63, 3.8) is 0 Å². The van der Waals surface area contributed by atoms with Crippen LogP contribution in [0.2, 0.25) is 0 Å². The first-order chi connectivity index (χ1) is 7.76. The molecule has 0 saturated heterocycles. The SMILES string of the molecule is CCNC(=O)CN(CC)Cc1ccccc1. The van der Waals surface area contributed by atoms with Gasteiger partial charge in [0.25, 0.3) is 0 Å². The summed E-state index contributed by atoms with van der Waals surface area (Å²) >= 11 is 0. The van der Waals surface area contributed by atoms with E-state index in [0.717, 1.165) is 13.1 Å². The van der Waals surface area contributed by atoms with E-state index in [4.69, 9.17) is 0 Å². The highest BCUT2D eigenvalue weighted by Gasteiger charge is 2.08. The molecule has 0 spiro atoms. The number of hydrogen-bond donors (Lipinski definition) is 1. The van der Waals surface area contributed by atoms with E-state index in [0.29, 0.717) is 13.1 Å². The van der Waals surface area contributed by atoms with Crippen molar-refractivity contribution in [2.75, 3.05) is 19.6 Å². The lowest BCUT2D eigenvalue weighted by Gasteiger charge is -2.19. The van der Waals surface area contributed by atoms with Gasteiger partial charge < -0.3 is 5.32 Å². The van der Waals surface area contributed by atoms with E-state index in [1.165, 1.54) is 5.56 Å². The van der Waals surface area contributed by atoms with Crippen molar-refractivity contribution < 1.29 is 4.79 Å². The van der Waals surface area contributed by atoms with Gasteiger partial charge in [0.05, 0.1) is 6.54 Å². The molecule has 3 heteroatoms. The van der Waals surface area contributed by atoms with Crippen LogP contribution in [0.25, 0.3) is 0 Å². The highest BCUT2D eigenvalue weighted by Crippen LogP contribution is 2.03. The molecule has 0 bridgehead atoms. The van der Waals surface area contributed by atoms with Gasteiger partial charge in [-0.2, -0.15) is 0 Å². The van der Waals surface area contributed by atoms with Crippen LogP contribution in [-0.4, -0.2) is 30.4 Å². The summed E-state index contributed by atoms with van der Waals surface area (Å²) in [7, 11) is 0. The van der Waals surface area contributed by atoms with Gasteiger partial charge in [-0.1, -0.05) is 37.3 Å². The van der Waals surface area contributed by atoms with Crippen LogP contribution in [0.4, 0.5) is 0 Å². The quantitative estimate of drug-likeness (QED) is 0.790. The van der Waals surface area contributed by atoms with Gasteiger partial charge in [-0.15, -0.1) is 0 Å². The van der Waals surface area contributed by atoms with Gasteiger partial charge in [-0.25, -0.2) is 0 Å². The Labute approximate surface area is 97.5 Å². The van der Waals surface area contributed by atoms with Crippen LogP contribution in [0.15, 0.2) is 30.3 Å². The molecule has 0 unspecified atom stereocenters. The van der Waals surface area contributed by atoms with E-state index in [-0.39, 0.29) is 5.91 Å². The Hall–Kier alpha value is -1.35. The number of carbonyl (C=O) groups excluding carboxylic acids is 1. The molecule has 0 aliphatic heterocycles. The van der Waals surface area contributed by atoms with Crippen LogP contribution in [0.5, 0.6) is 0 Å². The molecule has 88 valence electrons. The maximum absolute atomic E-state index is 11.4. The highest BCUT2D eigenvalue weighted by molar-refractivity contribution is 5.77. The van der Waals surface area contributed by atoms with Gasteiger partial charge >= 0.3 is 0 Å². The Kier molecular flexibility index (Phi) is 5.57. The summed E-state index contributed by atoms with van der Waals surface area (Å²) in [5.41, 5.74) is 1.24. The Balaban J connectivity index is 2.46. The van der Waals surface area contributed by atoms with Crippen molar-refractivity contribution in [3.8, 4) is 0 Å². The zero-order valence-corrected chi connectivity index (χ0v) is 10.1. The Bertz CT molecular complexity index is 311. The molecule has 1 aromatic carbocycles. The monoisotopic (exact) mass is 220 g/mol. The normalized spacial score (nSPS) is 10.4. The predicted molar refractivity (Wildman–Crippen MR) is 66.1 cm³/mol. The number of carbonyl (C=O) groups is 1. The van der Waals surface area contributed by atoms with E-state index < -0.39 is 0 Å². The first kappa shape index (κ1) is 12.7. The summed E-state index contributed by atoms with van der Waals surface area (Å²) in [5.74, 6) is 0.0975. The summed E-state index contributed by atoms with van der Waals surface area (Å²) < 4.78 is 0. The van der Waals surface area contributed by atoms with Crippen LogP contribution in [0.3, 0.4) is 0 Å². The van der Waals surface area contributed by atoms with Crippen LogP contribution in [0.1, 0.15) is 19.4 Å². The smallest absolute Gasteiger partial charge is 0.234 e. The lowest BCUT2D eigenvalue weighted by atomic mass is 10.2. The lowest BCUT2D eigenvalue weighted by molar-refractivity contribution is -0.122. The van der Waals surface area contributed by atoms with Gasteiger partial charge in [-0.05, 0) is 19.0 Å². The highest BCUT2D eigenvalue weighted by atomic mass is 16.2. The van der Waals surface area contributed by atoms with Crippen molar-refractivity contribution >= 4 is 5.91 Å². The van der Waals surface area contributed by atoms with Crippen molar-refractivity contribution in [1.82, 2.24) is 10.2 Å². The zero-order valence-electron chi connectivity index (χ0n) is 10.1. The molecule has 0 heterocycles. The van der Waals surface area contributed by atoms with E-state index >= 15 is 0 Å². The molecule has 1 rings (SSSR count). The fourth-order valence-electron chi connectivity index (χ4n) is 1.58. The molecule has 1 aromatic rings. The largest absolute Gasteiger partial charge is 0.355 e. The third-order valence-corrected chi connectivity index (χ3v) is 2.44. The van der Waals surface area contributed by atoms with Gasteiger partial charge in [-0.3, -0.25) is 9.69 Å². The third-order valence-electron chi connectivity index (χ3n) is 2.44.